The third-order valence-electron chi connectivity index (χ3n) is 1.48. The lowest BCUT2D eigenvalue weighted by molar-refractivity contribution is -0.0673. The van der Waals surface area contributed by atoms with Crippen molar-refractivity contribution >= 4 is 11.4 Å². The first-order valence-corrected chi connectivity index (χ1v) is 4.32. The normalized spacial score (nSPS) is 24.5. The number of hydroxylamine groups is 2. The number of nitrogens with zero attached hydrogens (tertiary/aromatic N) is 1. The second kappa shape index (κ2) is 4.02. The van der Waals surface area contributed by atoms with E-state index in [9.17, 15) is 8.76 Å². The highest BCUT2D eigenvalue weighted by Crippen LogP contribution is 2.08. The third-order valence-corrected chi connectivity index (χ3v) is 1.81. The highest BCUT2D eigenvalue weighted by atomic mass is 32.2. The largest absolute Gasteiger partial charge is 0.748 e. The van der Waals surface area contributed by atoms with Crippen LogP contribution in [0.2, 0.25) is 0 Å². The smallest absolute Gasteiger partial charge is 0.106 e. The standard InChI is InChI=1S/C5H11NO3S/c7-10(8)9-6-4-2-1-3-5-6/h1-5H2,(H,7,8)/p-1. The van der Waals surface area contributed by atoms with Gasteiger partial charge in [-0.15, -0.1) is 0 Å². The van der Waals surface area contributed by atoms with Crippen molar-refractivity contribution in [3.05, 3.63) is 0 Å². The molecule has 60 valence electrons. The van der Waals surface area contributed by atoms with Gasteiger partial charge in [0.25, 0.3) is 0 Å². The van der Waals surface area contributed by atoms with E-state index in [4.69, 9.17) is 0 Å². The summed E-state index contributed by atoms with van der Waals surface area (Å²) in [7, 11) is 0. The summed E-state index contributed by atoms with van der Waals surface area (Å²) >= 11 is -2.39. The summed E-state index contributed by atoms with van der Waals surface area (Å²) in [6, 6.07) is 0. The number of rotatable bonds is 2. The first-order valence-electron chi connectivity index (χ1n) is 3.32. The van der Waals surface area contributed by atoms with Gasteiger partial charge in [0.05, 0.1) is 0 Å². The molecule has 1 unspecified atom stereocenters. The van der Waals surface area contributed by atoms with Gasteiger partial charge in [-0.05, 0) is 12.8 Å². The zero-order valence-corrected chi connectivity index (χ0v) is 6.43. The Morgan fingerprint density at radius 2 is 1.90 bits per heavy atom. The quantitative estimate of drug-likeness (QED) is 0.547. The van der Waals surface area contributed by atoms with E-state index < -0.39 is 11.4 Å². The van der Waals surface area contributed by atoms with Crippen LogP contribution in [-0.2, 0) is 15.6 Å². The molecule has 0 saturated carbocycles. The molecule has 0 radical (unpaired) electrons. The van der Waals surface area contributed by atoms with Gasteiger partial charge in [0, 0.05) is 13.1 Å². The molecule has 1 saturated heterocycles. The minimum Gasteiger partial charge on any atom is -0.748 e. The molecule has 0 bridgehead atoms. The molecule has 0 aromatic carbocycles. The van der Waals surface area contributed by atoms with E-state index >= 15 is 0 Å². The van der Waals surface area contributed by atoms with Crippen LogP contribution >= 0.6 is 0 Å². The van der Waals surface area contributed by atoms with Crippen molar-refractivity contribution in [3.63, 3.8) is 0 Å². The second-order valence-corrected chi connectivity index (χ2v) is 2.83. The molecule has 10 heavy (non-hydrogen) atoms. The highest BCUT2D eigenvalue weighted by Gasteiger charge is 2.09. The van der Waals surface area contributed by atoms with Gasteiger partial charge in [0.1, 0.15) is 11.4 Å². The Kier molecular flexibility index (Phi) is 3.27. The topological polar surface area (TPSA) is 52.6 Å². The fourth-order valence-electron chi connectivity index (χ4n) is 1.03. The van der Waals surface area contributed by atoms with E-state index in [-0.39, 0.29) is 0 Å². The summed E-state index contributed by atoms with van der Waals surface area (Å²) in [5.41, 5.74) is 0. The zero-order chi connectivity index (χ0) is 7.40. The summed E-state index contributed by atoms with van der Waals surface area (Å²) < 4.78 is 24.4. The Bertz CT molecular complexity index is 124. The minimum absolute atomic E-state index is 0.730. The Labute approximate surface area is 62.6 Å². The van der Waals surface area contributed by atoms with Crippen molar-refractivity contribution < 1.29 is 13.0 Å². The number of hydrogen-bond acceptors (Lipinski definition) is 4. The van der Waals surface area contributed by atoms with Crippen LogP contribution in [0.4, 0.5) is 0 Å². The van der Waals surface area contributed by atoms with E-state index in [1.54, 1.807) is 0 Å². The third kappa shape index (κ3) is 2.74. The second-order valence-electron chi connectivity index (χ2n) is 2.27. The van der Waals surface area contributed by atoms with Crippen molar-refractivity contribution in [1.29, 1.82) is 0 Å². The zero-order valence-electron chi connectivity index (χ0n) is 5.62. The summed E-state index contributed by atoms with van der Waals surface area (Å²) in [6.45, 7) is 1.46. The van der Waals surface area contributed by atoms with Gasteiger partial charge in [0.2, 0.25) is 0 Å². The fraction of sp³-hybridized carbons (Fsp3) is 1.00. The summed E-state index contributed by atoms with van der Waals surface area (Å²) in [5, 5.41) is 1.48. The van der Waals surface area contributed by atoms with Gasteiger partial charge in [0.15, 0.2) is 0 Å². The van der Waals surface area contributed by atoms with Gasteiger partial charge < -0.3 is 4.55 Å². The highest BCUT2D eigenvalue weighted by molar-refractivity contribution is 7.74. The summed E-state index contributed by atoms with van der Waals surface area (Å²) in [5.74, 6) is 0. The first kappa shape index (κ1) is 8.13. The maximum Gasteiger partial charge on any atom is 0.106 e. The molecular weight excluding hydrogens is 154 g/mol. The molecule has 1 atom stereocenters. The van der Waals surface area contributed by atoms with E-state index in [0.29, 0.717) is 0 Å². The maximum atomic E-state index is 10.0. The molecular formula is C5H10NO3S-. The van der Waals surface area contributed by atoms with Crippen LogP contribution in [0.25, 0.3) is 0 Å². The van der Waals surface area contributed by atoms with Crippen molar-refractivity contribution in [2.75, 3.05) is 13.1 Å². The Morgan fingerprint density at radius 3 is 2.40 bits per heavy atom. The van der Waals surface area contributed by atoms with Gasteiger partial charge in [-0.3, -0.25) is 0 Å². The summed E-state index contributed by atoms with van der Waals surface area (Å²) in [6.07, 6.45) is 3.22. The number of piperidine rings is 1. The lowest BCUT2D eigenvalue weighted by Crippen LogP contribution is -2.30. The number of hydrogen-bond donors (Lipinski definition) is 0. The molecule has 0 aliphatic carbocycles. The van der Waals surface area contributed by atoms with Crippen molar-refractivity contribution in [2.24, 2.45) is 0 Å². The van der Waals surface area contributed by atoms with Crippen molar-refractivity contribution in [2.45, 2.75) is 19.3 Å². The lowest BCUT2D eigenvalue weighted by Gasteiger charge is -2.25. The van der Waals surface area contributed by atoms with E-state index in [0.717, 1.165) is 25.9 Å². The van der Waals surface area contributed by atoms with Crippen LogP contribution in [0.3, 0.4) is 0 Å². The first-order chi connectivity index (χ1) is 4.79. The molecule has 1 aliphatic rings. The van der Waals surface area contributed by atoms with Crippen LogP contribution in [-0.4, -0.2) is 26.9 Å². The van der Waals surface area contributed by atoms with Gasteiger partial charge >= 0.3 is 0 Å². The van der Waals surface area contributed by atoms with Crippen molar-refractivity contribution in [1.82, 2.24) is 5.06 Å². The molecule has 1 rings (SSSR count). The molecule has 0 N–H and O–H groups in total. The Hall–Kier alpha value is 0.0300. The van der Waals surface area contributed by atoms with Crippen molar-refractivity contribution in [3.8, 4) is 0 Å². The average Bonchev–Trinajstić information content (AvgIpc) is 1.88. The molecule has 0 aromatic rings. The van der Waals surface area contributed by atoms with Crippen LogP contribution in [0.15, 0.2) is 0 Å². The van der Waals surface area contributed by atoms with Gasteiger partial charge in [-0.1, -0.05) is 6.42 Å². The maximum absolute atomic E-state index is 10.0. The molecule has 0 amide bonds. The monoisotopic (exact) mass is 164 g/mol. The minimum atomic E-state index is -2.39. The van der Waals surface area contributed by atoms with Crippen LogP contribution < -0.4 is 0 Å². The average molecular weight is 164 g/mol. The molecule has 5 heteroatoms. The fourth-order valence-corrected chi connectivity index (χ4v) is 1.35. The molecule has 1 aliphatic heterocycles. The SMILES string of the molecule is O=S([O-])ON1CCCCC1. The Balaban J connectivity index is 2.19. The molecule has 0 spiro atoms. The van der Waals surface area contributed by atoms with Gasteiger partial charge in [-0.2, -0.15) is 5.06 Å². The predicted octanol–water partition coefficient (Wildman–Crippen LogP) is 0.198. The van der Waals surface area contributed by atoms with Crippen LogP contribution in [0, 0.1) is 0 Å². The lowest BCUT2D eigenvalue weighted by atomic mass is 10.2. The molecule has 4 nitrogen and oxygen atoms in total. The molecule has 1 heterocycles. The summed E-state index contributed by atoms with van der Waals surface area (Å²) in [4.78, 5) is 0. The molecule has 0 aromatic heterocycles. The van der Waals surface area contributed by atoms with Gasteiger partial charge in [-0.25, -0.2) is 8.49 Å². The predicted molar refractivity (Wildman–Crippen MR) is 35.4 cm³/mol. The van der Waals surface area contributed by atoms with E-state index in [1.165, 1.54) is 11.5 Å². The van der Waals surface area contributed by atoms with E-state index in [1.807, 2.05) is 0 Å². The molecule has 1 fully saturated rings. The van der Waals surface area contributed by atoms with E-state index in [2.05, 4.69) is 4.28 Å². The van der Waals surface area contributed by atoms with Crippen LogP contribution in [0.1, 0.15) is 19.3 Å². The van der Waals surface area contributed by atoms with Crippen LogP contribution in [0.5, 0.6) is 0 Å². The Morgan fingerprint density at radius 1 is 1.30 bits per heavy atom.